The highest BCUT2D eigenvalue weighted by Crippen LogP contribution is 2.24. The molecule has 0 radical (unpaired) electrons. The molecule has 0 aromatic heterocycles. The van der Waals surface area contributed by atoms with Crippen LogP contribution in [0.25, 0.3) is 0 Å². The molecule has 1 amide bonds. The predicted octanol–water partition coefficient (Wildman–Crippen LogP) is 1.13. The van der Waals surface area contributed by atoms with E-state index < -0.39 is 0 Å². The minimum absolute atomic E-state index is 0.141. The first-order chi connectivity index (χ1) is 6.74. The third-order valence-corrected chi connectivity index (χ3v) is 4.02. The van der Waals surface area contributed by atoms with Gasteiger partial charge >= 0.3 is 0 Å². The Morgan fingerprint density at radius 3 is 2.93 bits per heavy atom. The Kier molecular flexibility index (Phi) is 5.33. The quantitative estimate of drug-likeness (QED) is 0.724. The summed E-state index contributed by atoms with van der Waals surface area (Å²) in [7, 11) is 0. The number of nitrogens with one attached hydrogen (secondary N) is 1. The molecule has 1 aliphatic heterocycles. The summed E-state index contributed by atoms with van der Waals surface area (Å²) >= 11 is 2.01. The summed E-state index contributed by atoms with van der Waals surface area (Å²) in [4.78, 5) is 11.0. The number of nitrogens with two attached hydrogens (primary N) is 1. The molecule has 3 N–H and O–H groups in total. The van der Waals surface area contributed by atoms with Crippen molar-refractivity contribution < 1.29 is 4.79 Å². The normalized spacial score (nSPS) is 24.5. The summed E-state index contributed by atoms with van der Waals surface area (Å²) in [6.45, 7) is 2.91. The average molecular weight is 216 g/mol. The lowest BCUT2D eigenvalue weighted by Gasteiger charge is -2.23. The van der Waals surface area contributed by atoms with Gasteiger partial charge < -0.3 is 11.1 Å². The Morgan fingerprint density at radius 1 is 1.64 bits per heavy atom. The van der Waals surface area contributed by atoms with Crippen LogP contribution in [-0.2, 0) is 4.79 Å². The minimum Gasteiger partial charge on any atom is -0.368 e. The van der Waals surface area contributed by atoms with Crippen LogP contribution in [0, 0.1) is 0 Å². The highest BCUT2D eigenvalue weighted by molar-refractivity contribution is 7.99. The van der Waals surface area contributed by atoms with Gasteiger partial charge in [0.05, 0.1) is 6.04 Å². The van der Waals surface area contributed by atoms with Crippen molar-refractivity contribution in [1.29, 1.82) is 0 Å². The molecular formula is C10H20N2OS. The number of carbonyl (C=O) groups excluding carboxylic acids is 1. The molecule has 1 aliphatic rings. The molecule has 0 bridgehead atoms. The molecule has 0 spiro atoms. The van der Waals surface area contributed by atoms with Crippen LogP contribution < -0.4 is 11.1 Å². The molecule has 1 rings (SSSR count). The van der Waals surface area contributed by atoms with Gasteiger partial charge in [-0.1, -0.05) is 13.3 Å². The van der Waals surface area contributed by atoms with Crippen LogP contribution in [0.1, 0.15) is 32.6 Å². The predicted molar refractivity (Wildman–Crippen MR) is 61.4 cm³/mol. The number of amides is 1. The van der Waals surface area contributed by atoms with Gasteiger partial charge in [-0.2, -0.15) is 11.8 Å². The van der Waals surface area contributed by atoms with Gasteiger partial charge in [0.25, 0.3) is 0 Å². The second-order valence-electron chi connectivity index (χ2n) is 3.76. The van der Waals surface area contributed by atoms with E-state index in [0.717, 1.165) is 13.0 Å². The van der Waals surface area contributed by atoms with Gasteiger partial charge in [0, 0.05) is 11.8 Å². The van der Waals surface area contributed by atoms with Crippen molar-refractivity contribution in [2.24, 2.45) is 5.73 Å². The highest BCUT2D eigenvalue weighted by Gasteiger charge is 2.17. The van der Waals surface area contributed by atoms with Crippen molar-refractivity contribution in [3.8, 4) is 0 Å². The summed E-state index contributed by atoms with van der Waals surface area (Å²) in [5, 5.41) is 3.92. The third-order valence-electron chi connectivity index (χ3n) is 2.62. The summed E-state index contributed by atoms with van der Waals surface area (Å²) in [6, 6.07) is -0.141. The largest absolute Gasteiger partial charge is 0.368 e. The van der Waals surface area contributed by atoms with E-state index in [-0.39, 0.29) is 11.9 Å². The number of hydrogen-bond acceptors (Lipinski definition) is 3. The molecule has 2 unspecified atom stereocenters. The zero-order chi connectivity index (χ0) is 10.4. The fourth-order valence-corrected chi connectivity index (χ4v) is 2.94. The molecule has 0 saturated carbocycles. The zero-order valence-corrected chi connectivity index (χ0v) is 9.61. The molecule has 2 atom stereocenters. The zero-order valence-electron chi connectivity index (χ0n) is 8.79. The Balaban J connectivity index is 2.20. The summed E-state index contributed by atoms with van der Waals surface area (Å²) in [5.74, 6) is 1.04. The van der Waals surface area contributed by atoms with Gasteiger partial charge in [-0.15, -0.1) is 0 Å². The second-order valence-corrected chi connectivity index (χ2v) is 5.17. The molecule has 14 heavy (non-hydrogen) atoms. The smallest absolute Gasteiger partial charge is 0.234 e. The first kappa shape index (κ1) is 11.9. The molecule has 82 valence electrons. The van der Waals surface area contributed by atoms with Gasteiger partial charge in [0.2, 0.25) is 5.91 Å². The van der Waals surface area contributed by atoms with E-state index in [9.17, 15) is 4.79 Å². The molecule has 1 heterocycles. The van der Waals surface area contributed by atoms with Crippen molar-refractivity contribution in [1.82, 2.24) is 5.32 Å². The minimum atomic E-state index is -0.228. The first-order valence-electron chi connectivity index (χ1n) is 5.38. The summed E-state index contributed by atoms with van der Waals surface area (Å²) < 4.78 is 0. The second kappa shape index (κ2) is 6.30. The molecule has 0 aromatic carbocycles. The molecule has 3 nitrogen and oxygen atoms in total. The molecular weight excluding hydrogens is 196 g/mol. The average Bonchev–Trinajstić information content (AvgIpc) is 2.20. The van der Waals surface area contributed by atoms with Crippen molar-refractivity contribution >= 4 is 17.7 Å². The summed E-state index contributed by atoms with van der Waals surface area (Å²) in [6.07, 6.45) is 4.72. The lowest BCUT2D eigenvalue weighted by molar-refractivity contribution is -0.120. The van der Waals surface area contributed by atoms with E-state index >= 15 is 0 Å². The number of hydrogen-bond donors (Lipinski definition) is 2. The van der Waals surface area contributed by atoms with Gasteiger partial charge in [-0.05, 0) is 25.0 Å². The van der Waals surface area contributed by atoms with Crippen LogP contribution in [0.3, 0.4) is 0 Å². The lowest BCUT2D eigenvalue weighted by atomic mass is 10.1. The maximum atomic E-state index is 11.0. The van der Waals surface area contributed by atoms with Gasteiger partial charge in [-0.3, -0.25) is 4.79 Å². The lowest BCUT2D eigenvalue weighted by Crippen LogP contribution is -2.43. The number of thioether (sulfide) groups is 1. The van der Waals surface area contributed by atoms with E-state index in [4.69, 9.17) is 5.73 Å². The monoisotopic (exact) mass is 216 g/mol. The Labute approximate surface area is 90.2 Å². The molecule has 1 fully saturated rings. The van der Waals surface area contributed by atoms with Crippen molar-refractivity contribution in [2.75, 3.05) is 12.3 Å². The standard InChI is InChI=1S/C10H20N2OS/c1-2-9(10(11)13)12-7-8-5-3-4-6-14-8/h8-9,12H,2-7H2,1H3,(H2,11,13). The molecule has 4 heteroatoms. The maximum absolute atomic E-state index is 11.0. The van der Waals surface area contributed by atoms with Crippen LogP contribution >= 0.6 is 11.8 Å². The third kappa shape index (κ3) is 3.88. The molecule has 1 saturated heterocycles. The van der Waals surface area contributed by atoms with E-state index in [2.05, 4.69) is 5.32 Å². The van der Waals surface area contributed by atoms with Crippen molar-refractivity contribution in [2.45, 2.75) is 43.9 Å². The first-order valence-corrected chi connectivity index (χ1v) is 6.43. The number of carbonyl (C=O) groups is 1. The van der Waals surface area contributed by atoms with Gasteiger partial charge in [0.1, 0.15) is 0 Å². The van der Waals surface area contributed by atoms with Crippen LogP contribution in [0.2, 0.25) is 0 Å². The van der Waals surface area contributed by atoms with Gasteiger partial charge in [0.15, 0.2) is 0 Å². The van der Waals surface area contributed by atoms with Crippen LogP contribution in [-0.4, -0.2) is 29.5 Å². The Hall–Kier alpha value is -0.220. The maximum Gasteiger partial charge on any atom is 0.234 e. The van der Waals surface area contributed by atoms with Gasteiger partial charge in [-0.25, -0.2) is 0 Å². The van der Waals surface area contributed by atoms with Crippen LogP contribution in [0.15, 0.2) is 0 Å². The van der Waals surface area contributed by atoms with E-state index in [0.29, 0.717) is 5.25 Å². The fraction of sp³-hybridized carbons (Fsp3) is 0.900. The van der Waals surface area contributed by atoms with E-state index in [1.165, 1.54) is 25.0 Å². The van der Waals surface area contributed by atoms with E-state index in [1.807, 2.05) is 18.7 Å². The summed E-state index contributed by atoms with van der Waals surface area (Å²) in [5.41, 5.74) is 5.25. The van der Waals surface area contributed by atoms with Crippen LogP contribution in [0.5, 0.6) is 0 Å². The number of primary amides is 1. The van der Waals surface area contributed by atoms with Crippen LogP contribution in [0.4, 0.5) is 0 Å². The number of rotatable bonds is 5. The SMILES string of the molecule is CCC(NCC1CCCCS1)C(N)=O. The van der Waals surface area contributed by atoms with Crippen molar-refractivity contribution in [3.05, 3.63) is 0 Å². The highest BCUT2D eigenvalue weighted by atomic mass is 32.2. The van der Waals surface area contributed by atoms with Crippen molar-refractivity contribution in [3.63, 3.8) is 0 Å². The Morgan fingerprint density at radius 2 is 2.43 bits per heavy atom. The molecule has 0 aliphatic carbocycles. The molecule has 0 aromatic rings. The topological polar surface area (TPSA) is 55.1 Å². The fourth-order valence-electron chi connectivity index (χ4n) is 1.69. The van der Waals surface area contributed by atoms with E-state index in [1.54, 1.807) is 0 Å². The Bertz CT molecular complexity index is 181.